The van der Waals surface area contributed by atoms with Crippen LogP contribution in [0.25, 0.3) is 0 Å². The van der Waals surface area contributed by atoms with Crippen LogP contribution in [0, 0.1) is 12.7 Å². The lowest BCUT2D eigenvalue weighted by Crippen LogP contribution is -2.09. The molecule has 0 fully saturated rings. The van der Waals surface area contributed by atoms with E-state index in [2.05, 4.69) is 0 Å². The molecule has 0 aromatic heterocycles. The van der Waals surface area contributed by atoms with Crippen LogP contribution in [0.4, 0.5) is 4.39 Å². The predicted octanol–water partition coefficient (Wildman–Crippen LogP) is 2.68. The third-order valence-corrected chi connectivity index (χ3v) is 2.71. The van der Waals surface area contributed by atoms with Crippen molar-refractivity contribution in [3.8, 4) is 5.75 Å². The van der Waals surface area contributed by atoms with E-state index < -0.39 is 23.5 Å². The van der Waals surface area contributed by atoms with Gasteiger partial charge in [0.2, 0.25) is 0 Å². The van der Waals surface area contributed by atoms with Crippen molar-refractivity contribution in [2.75, 3.05) is 0 Å². The SMILES string of the molecule is Cc1cc(F)c(O)c(C(C)C(=O)O)c1Cl. The fourth-order valence-corrected chi connectivity index (χ4v) is 1.59. The van der Waals surface area contributed by atoms with E-state index in [0.29, 0.717) is 5.56 Å². The van der Waals surface area contributed by atoms with E-state index in [1.165, 1.54) is 6.92 Å². The molecule has 1 aromatic carbocycles. The second kappa shape index (κ2) is 4.06. The van der Waals surface area contributed by atoms with E-state index in [-0.39, 0.29) is 10.6 Å². The second-order valence-corrected chi connectivity index (χ2v) is 3.69. The van der Waals surface area contributed by atoms with Crippen LogP contribution in [0.2, 0.25) is 5.02 Å². The normalized spacial score (nSPS) is 12.5. The highest BCUT2D eigenvalue weighted by Crippen LogP contribution is 2.37. The zero-order valence-corrected chi connectivity index (χ0v) is 8.97. The standard InChI is InChI=1S/C10H10ClFO3/c1-4-3-6(12)9(13)7(8(4)11)5(2)10(14)15/h3,5,13H,1-2H3,(H,14,15). The van der Waals surface area contributed by atoms with Crippen LogP contribution < -0.4 is 0 Å². The van der Waals surface area contributed by atoms with Gasteiger partial charge >= 0.3 is 5.97 Å². The van der Waals surface area contributed by atoms with Gasteiger partial charge in [-0.05, 0) is 25.5 Å². The number of carbonyl (C=O) groups is 1. The molecule has 1 aromatic rings. The average Bonchev–Trinajstić information content (AvgIpc) is 2.15. The Morgan fingerprint density at radius 3 is 2.60 bits per heavy atom. The number of phenols is 1. The van der Waals surface area contributed by atoms with E-state index in [0.717, 1.165) is 6.07 Å². The summed E-state index contributed by atoms with van der Waals surface area (Å²) in [6.45, 7) is 2.88. The lowest BCUT2D eigenvalue weighted by atomic mass is 9.98. The minimum Gasteiger partial charge on any atom is -0.505 e. The minimum atomic E-state index is -1.17. The van der Waals surface area contributed by atoms with E-state index in [9.17, 15) is 14.3 Å². The fraction of sp³-hybridized carbons (Fsp3) is 0.300. The molecule has 0 bridgehead atoms. The molecule has 2 N–H and O–H groups in total. The summed E-state index contributed by atoms with van der Waals surface area (Å²) < 4.78 is 13.1. The van der Waals surface area contributed by atoms with Gasteiger partial charge in [-0.2, -0.15) is 0 Å². The number of hydrogen-bond acceptors (Lipinski definition) is 2. The van der Waals surface area contributed by atoms with Crippen molar-refractivity contribution >= 4 is 17.6 Å². The topological polar surface area (TPSA) is 57.5 Å². The first-order valence-electron chi connectivity index (χ1n) is 4.26. The van der Waals surface area contributed by atoms with E-state index in [1.54, 1.807) is 6.92 Å². The lowest BCUT2D eigenvalue weighted by Gasteiger charge is -2.13. The van der Waals surface area contributed by atoms with Crippen molar-refractivity contribution < 1.29 is 19.4 Å². The Morgan fingerprint density at radius 2 is 2.13 bits per heavy atom. The predicted molar refractivity (Wildman–Crippen MR) is 53.9 cm³/mol. The van der Waals surface area contributed by atoms with Gasteiger partial charge in [-0.1, -0.05) is 11.6 Å². The van der Waals surface area contributed by atoms with Crippen LogP contribution in [0.1, 0.15) is 24.0 Å². The molecule has 0 amide bonds. The summed E-state index contributed by atoms with van der Waals surface area (Å²) in [5, 5.41) is 18.3. The van der Waals surface area contributed by atoms with E-state index >= 15 is 0 Å². The first-order valence-corrected chi connectivity index (χ1v) is 4.64. The lowest BCUT2D eigenvalue weighted by molar-refractivity contribution is -0.138. The zero-order valence-electron chi connectivity index (χ0n) is 8.21. The molecule has 82 valence electrons. The molecule has 1 rings (SSSR count). The van der Waals surface area contributed by atoms with E-state index in [4.69, 9.17) is 16.7 Å². The summed E-state index contributed by atoms with van der Waals surface area (Å²) in [4.78, 5) is 10.7. The van der Waals surface area contributed by atoms with Gasteiger partial charge in [-0.15, -0.1) is 0 Å². The summed E-state index contributed by atoms with van der Waals surface area (Å²) >= 11 is 5.82. The highest BCUT2D eigenvalue weighted by atomic mass is 35.5. The summed E-state index contributed by atoms with van der Waals surface area (Å²) in [7, 11) is 0. The molecule has 1 unspecified atom stereocenters. The number of halogens is 2. The molecule has 15 heavy (non-hydrogen) atoms. The van der Waals surface area contributed by atoms with Crippen LogP contribution in [0.3, 0.4) is 0 Å². The van der Waals surface area contributed by atoms with Gasteiger partial charge in [0, 0.05) is 5.56 Å². The summed E-state index contributed by atoms with van der Waals surface area (Å²) in [5.41, 5.74) is 0.316. The molecule has 0 aliphatic rings. The Hall–Kier alpha value is -1.29. The number of benzene rings is 1. The third kappa shape index (κ3) is 2.04. The Morgan fingerprint density at radius 1 is 1.60 bits per heavy atom. The van der Waals surface area contributed by atoms with Crippen molar-refractivity contribution in [3.63, 3.8) is 0 Å². The molecule has 0 heterocycles. The molecule has 0 radical (unpaired) electrons. The molecule has 0 aliphatic carbocycles. The number of phenolic OH excluding ortho intramolecular Hbond substituents is 1. The highest BCUT2D eigenvalue weighted by molar-refractivity contribution is 6.32. The number of carboxylic acids is 1. The van der Waals surface area contributed by atoms with Gasteiger partial charge in [0.05, 0.1) is 10.9 Å². The van der Waals surface area contributed by atoms with Crippen molar-refractivity contribution in [3.05, 3.63) is 28.0 Å². The number of carboxylic acid groups (broad SMARTS) is 1. The van der Waals surface area contributed by atoms with Crippen molar-refractivity contribution in [1.29, 1.82) is 0 Å². The van der Waals surface area contributed by atoms with Gasteiger partial charge in [-0.3, -0.25) is 4.79 Å². The maximum atomic E-state index is 13.1. The van der Waals surface area contributed by atoms with Gasteiger partial charge in [0.25, 0.3) is 0 Å². The number of hydrogen-bond donors (Lipinski definition) is 2. The minimum absolute atomic E-state index is 0.0818. The molecular weight excluding hydrogens is 223 g/mol. The number of rotatable bonds is 2. The first kappa shape index (κ1) is 11.8. The number of aromatic hydroxyl groups is 1. The largest absolute Gasteiger partial charge is 0.505 e. The first-order chi connectivity index (χ1) is 6.86. The zero-order chi connectivity index (χ0) is 11.7. The third-order valence-electron chi connectivity index (χ3n) is 2.21. The molecule has 0 aliphatic heterocycles. The molecule has 0 saturated carbocycles. The summed E-state index contributed by atoms with van der Waals surface area (Å²) in [5.74, 6) is -3.77. The van der Waals surface area contributed by atoms with Gasteiger partial charge in [-0.25, -0.2) is 4.39 Å². The van der Waals surface area contributed by atoms with Gasteiger partial charge < -0.3 is 10.2 Å². The fourth-order valence-electron chi connectivity index (χ4n) is 1.29. The van der Waals surface area contributed by atoms with Crippen molar-refractivity contribution in [2.45, 2.75) is 19.8 Å². The Kier molecular flexibility index (Phi) is 3.19. The average molecular weight is 233 g/mol. The van der Waals surface area contributed by atoms with Crippen LogP contribution in [0.5, 0.6) is 5.75 Å². The molecule has 1 atom stereocenters. The molecular formula is C10H10ClFO3. The quantitative estimate of drug-likeness (QED) is 0.824. The van der Waals surface area contributed by atoms with Gasteiger partial charge in [0.15, 0.2) is 11.6 Å². The number of aliphatic carboxylic acids is 1. The molecule has 0 saturated heterocycles. The van der Waals surface area contributed by atoms with Crippen molar-refractivity contribution in [1.82, 2.24) is 0 Å². The molecule has 3 nitrogen and oxygen atoms in total. The smallest absolute Gasteiger partial charge is 0.310 e. The Balaban J connectivity index is 3.45. The van der Waals surface area contributed by atoms with Crippen LogP contribution in [-0.2, 0) is 4.79 Å². The summed E-state index contributed by atoms with van der Waals surface area (Å²) in [6, 6.07) is 1.07. The van der Waals surface area contributed by atoms with Gasteiger partial charge in [0.1, 0.15) is 0 Å². The number of aryl methyl sites for hydroxylation is 1. The Bertz CT molecular complexity index is 391. The monoisotopic (exact) mass is 232 g/mol. The van der Waals surface area contributed by atoms with Crippen LogP contribution in [-0.4, -0.2) is 16.2 Å². The van der Waals surface area contributed by atoms with Crippen LogP contribution >= 0.6 is 11.6 Å². The van der Waals surface area contributed by atoms with Crippen molar-refractivity contribution in [2.24, 2.45) is 0 Å². The maximum Gasteiger partial charge on any atom is 0.310 e. The summed E-state index contributed by atoms with van der Waals surface area (Å²) in [6.07, 6.45) is 0. The van der Waals surface area contributed by atoms with E-state index in [1.807, 2.05) is 0 Å². The maximum absolute atomic E-state index is 13.1. The Labute approximate surface area is 91.1 Å². The second-order valence-electron chi connectivity index (χ2n) is 3.31. The highest BCUT2D eigenvalue weighted by Gasteiger charge is 2.24. The molecule has 0 spiro atoms. The molecule has 5 heteroatoms. The van der Waals surface area contributed by atoms with Crippen LogP contribution in [0.15, 0.2) is 6.07 Å².